The van der Waals surface area contributed by atoms with Crippen LogP contribution in [0.25, 0.3) is 21.8 Å². The first kappa shape index (κ1) is 12.2. The maximum atomic E-state index is 4.73. The highest BCUT2D eigenvalue weighted by Crippen LogP contribution is 2.27. The average molecular weight is 249 g/mol. The molecule has 0 aliphatic rings. The minimum Gasteiger partial charge on any atom is -0.248 e. The number of rotatable bonds is 3. The summed E-state index contributed by atoms with van der Waals surface area (Å²) in [6, 6.07) is 17.3. The molecule has 0 aliphatic heterocycles. The van der Waals surface area contributed by atoms with Crippen molar-refractivity contribution in [1.82, 2.24) is 4.98 Å². The van der Waals surface area contributed by atoms with Crippen molar-refractivity contribution in [1.29, 1.82) is 0 Å². The lowest BCUT2D eigenvalue weighted by Gasteiger charge is -2.13. The fraction of sp³-hybridized carbons (Fsp3) is 0.278. The summed E-state index contributed by atoms with van der Waals surface area (Å²) in [5.74, 6) is 0.663. The molecule has 2 aromatic carbocycles. The topological polar surface area (TPSA) is 12.9 Å². The Kier molecular flexibility index (Phi) is 3.20. The quantitative estimate of drug-likeness (QED) is 0.574. The van der Waals surface area contributed by atoms with Gasteiger partial charge >= 0.3 is 0 Å². The van der Waals surface area contributed by atoms with Crippen LogP contribution in [-0.2, 0) is 0 Å². The van der Waals surface area contributed by atoms with Crippen LogP contribution in [-0.4, -0.2) is 4.98 Å². The Morgan fingerprint density at radius 2 is 1.58 bits per heavy atom. The molecule has 96 valence electrons. The molecule has 0 amide bonds. The Morgan fingerprint density at radius 1 is 0.842 bits per heavy atom. The number of para-hydroxylation sites is 1. The van der Waals surface area contributed by atoms with Crippen LogP contribution < -0.4 is 0 Å². The first-order chi connectivity index (χ1) is 9.31. The van der Waals surface area contributed by atoms with E-state index in [2.05, 4.69) is 56.3 Å². The molecule has 19 heavy (non-hydrogen) atoms. The summed E-state index contributed by atoms with van der Waals surface area (Å²) in [7, 11) is 0. The van der Waals surface area contributed by atoms with Crippen LogP contribution in [0.1, 0.15) is 38.2 Å². The molecule has 1 aromatic heterocycles. The van der Waals surface area contributed by atoms with Crippen LogP contribution in [0.3, 0.4) is 0 Å². The van der Waals surface area contributed by atoms with E-state index in [1.165, 1.54) is 29.2 Å². The zero-order valence-corrected chi connectivity index (χ0v) is 11.6. The van der Waals surface area contributed by atoms with E-state index >= 15 is 0 Å². The molecule has 1 heteroatoms. The first-order valence-corrected chi connectivity index (χ1v) is 7.11. The summed E-state index contributed by atoms with van der Waals surface area (Å²) in [5.41, 5.74) is 3.60. The molecule has 1 heterocycles. The Morgan fingerprint density at radius 3 is 2.37 bits per heavy atom. The summed E-state index contributed by atoms with van der Waals surface area (Å²) in [5, 5.41) is 2.47. The molecule has 0 radical (unpaired) electrons. The second kappa shape index (κ2) is 5.00. The molecule has 0 aliphatic carbocycles. The Bertz CT molecular complexity index is 711. The Labute approximate surface area is 114 Å². The number of nitrogens with zero attached hydrogens (tertiary/aromatic N) is 1. The average Bonchev–Trinajstić information content (AvgIpc) is 2.46. The van der Waals surface area contributed by atoms with Crippen molar-refractivity contribution in [2.75, 3.05) is 0 Å². The minimum absolute atomic E-state index is 0.663. The van der Waals surface area contributed by atoms with Gasteiger partial charge in [0.1, 0.15) is 0 Å². The number of pyridine rings is 1. The van der Waals surface area contributed by atoms with Gasteiger partial charge in [0, 0.05) is 10.8 Å². The van der Waals surface area contributed by atoms with E-state index in [1.54, 1.807) is 0 Å². The second-order valence-electron chi connectivity index (χ2n) is 5.15. The van der Waals surface area contributed by atoms with E-state index < -0.39 is 0 Å². The fourth-order valence-corrected chi connectivity index (χ4v) is 2.81. The maximum absolute atomic E-state index is 4.73. The first-order valence-electron chi connectivity index (χ1n) is 7.11. The lowest BCUT2D eigenvalue weighted by molar-refractivity contribution is 0.642. The zero-order valence-electron chi connectivity index (χ0n) is 11.6. The molecule has 3 rings (SSSR count). The van der Waals surface area contributed by atoms with Crippen LogP contribution in [0.4, 0.5) is 0 Å². The van der Waals surface area contributed by atoms with Crippen molar-refractivity contribution in [3.8, 4) is 0 Å². The van der Waals surface area contributed by atoms with E-state index in [0.717, 1.165) is 11.0 Å². The number of hydrogen-bond acceptors (Lipinski definition) is 1. The van der Waals surface area contributed by atoms with E-state index in [4.69, 9.17) is 4.98 Å². The second-order valence-corrected chi connectivity index (χ2v) is 5.15. The Balaban J connectivity index is 2.19. The standard InChI is InChI=1S/C18H19N/c1-3-13(4-2)14-9-10-18-16(11-14)12-15-7-5-6-8-17(15)19-18/h5-13H,3-4H2,1-2H3. The van der Waals surface area contributed by atoms with Crippen molar-refractivity contribution in [3.63, 3.8) is 0 Å². The van der Waals surface area contributed by atoms with Gasteiger partial charge < -0.3 is 0 Å². The smallest absolute Gasteiger partial charge is 0.0709 e. The summed E-state index contributed by atoms with van der Waals surface area (Å²) in [4.78, 5) is 4.73. The number of fused-ring (bicyclic) bond motifs is 2. The van der Waals surface area contributed by atoms with Gasteiger partial charge in [-0.1, -0.05) is 38.1 Å². The van der Waals surface area contributed by atoms with Gasteiger partial charge in [-0.2, -0.15) is 0 Å². The van der Waals surface area contributed by atoms with Gasteiger partial charge in [-0.25, -0.2) is 4.98 Å². The number of hydrogen-bond donors (Lipinski definition) is 0. The zero-order chi connectivity index (χ0) is 13.2. The summed E-state index contributed by atoms with van der Waals surface area (Å²) >= 11 is 0. The van der Waals surface area contributed by atoms with E-state index in [0.29, 0.717) is 5.92 Å². The highest BCUT2D eigenvalue weighted by molar-refractivity contribution is 5.92. The van der Waals surface area contributed by atoms with Crippen molar-refractivity contribution in [2.24, 2.45) is 0 Å². The largest absolute Gasteiger partial charge is 0.248 e. The monoisotopic (exact) mass is 249 g/mol. The van der Waals surface area contributed by atoms with Crippen molar-refractivity contribution < 1.29 is 0 Å². The molecule has 0 atom stereocenters. The van der Waals surface area contributed by atoms with Crippen LogP contribution in [0, 0.1) is 0 Å². The number of benzene rings is 2. The molecule has 0 bridgehead atoms. The van der Waals surface area contributed by atoms with Crippen molar-refractivity contribution in [3.05, 3.63) is 54.1 Å². The Hall–Kier alpha value is -1.89. The normalized spacial score (nSPS) is 11.5. The predicted molar refractivity (Wildman–Crippen MR) is 82.6 cm³/mol. The molecule has 0 saturated heterocycles. The van der Waals surface area contributed by atoms with E-state index in [-0.39, 0.29) is 0 Å². The molecular formula is C18H19N. The summed E-state index contributed by atoms with van der Waals surface area (Å²) in [6.45, 7) is 4.52. The van der Waals surface area contributed by atoms with E-state index in [1.807, 2.05) is 6.07 Å². The fourth-order valence-electron chi connectivity index (χ4n) is 2.81. The van der Waals surface area contributed by atoms with Crippen molar-refractivity contribution in [2.45, 2.75) is 32.6 Å². The van der Waals surface area contributed by atoms with Crippen LogP contribution >= 0.6 is 0 Å². The number of aromatic nitrogens is 1. The van der Waals surface area contributed by atoms with Gasteiger partial charge in [0.25, 0.3) is 0 Å². The molecular weight excluding hydrogens is 230 g/mol. The summed E-state index contributed by atoms with van der Waals surface area (Å²) < 4.78 is 0. The molecule has 3 aromatic rings. The van der Waals surface area contributed by atoms with Gasteiger partial charge in [-0.3, -0.25) is 0 Å². The highest BCUT2D eigenvalue weighted by Gasteiger charge is 2.08. The minimum atomic E-state index is 0.663. The lowest BCUT2D eigenvalue weighted by atomic mass is 9.93. The third-order valence-electron chi connectivity index (χ3n) is 4.00. The maximum Gasteiger partial charge on any atom is 0.0709 e. The van der Waals surface area contributed by atoms with Gasteiger partial charge in [-0.05, 0) is 48.6 Å². The van der Waals surface area contributed by atoms with Crippen LogP contribution in [0.15, 0.2) is 48.5 Å². The SMILES string of the molecule is CCC(CC)c1ccc2nc3ccccc3cc2c1. The van der Waals surface area contributed by atoms with Gasteiger partial charge in [-0.15, -0.1) is 0 Å². The third-order valence-corrected chi connectivity index (χ3v) is 4.00. The van der Waals surface area contributed by atoms with Crippen LogP contribution in [0.5, 0.6) is 0 Å². The molecule has 0 saturated carbocycles. The van der Waals surface area contributed by atoms with Crippen LogP contribution in [0.2, 0.25) is 0 Å². The molecule has 0 spiro atoms. The van der Waals surface area contributed by atoms with E-state index in [9.17, 15) is 0 Å². The van der Waals surface area contributed by atoms with Gasteiger partial charge in [0.15, 0.2) is 0 Å². The lowest BCUT2D eigenvalue weighted by Crippen LogP contribution is -1.95. The predicted octanol–water partition coefficient (Wildman–Crippen LogP) is 5.29. The van der Waals surface area contributed by atoms with Crippen molar-refractivity contribution >= 4 is 21.8 Å². The summed E-state index contributed by atoms with van der Waals surface area (Å²) in [6.07, 6.45) is 2.39. The van der Waals surface area contributed by atoms with Gasteiger partial charge in [0.05, 0.1) is 11.0 Å². The highest BCUT2D eigenvalue weighted by atomic mass is 14.7. The molecule has 0 unspecified atom stereocenters. The molecule has 0 fully saturated rings. The third kappa shape index (κ3) is 2.21. The van der Waals surface area contributed by atoms with Gasteiger partial charge in [0.2, 0.25) is 0 Å². The molecule has 0 N–H and O–H groups in total. The molecule has 1 nitrogen and oxygen atoms in total.